The quantitative estimate of drug-likeness (QED) is 0.523. The monoisotopic (exact) mass is 489 g/mol. The molecule has 2 heterocycles. The number of nitrogens with zero attached hydrogens (tertiary/aromatic N) is 1. The number of aliphatic hydroxyl groups excluding tert-OH is 2. The summed E-state index contributed by atoms with van der Waals surface area (Å²) < 4.78 is 16.3. The van der Waals surface area contributed by atoms with Crippen molar-refractivity contribution in [3.8, 4) is 5.75 Å². The maximum absolute atomic E-state index is 13.5. The third-order valence-electron chi connectivity index (χ3n) is 7.21. The van der Waals surface area contributed by atoms with Crippen LogP contribution < -0.4 is 0 Å². The molecule has 7 atom stereocenters. The van der Waals surface area contributed by atoms with Gasteiger partial charge >= 0.3 is 5.97 Å². The van der Waals surface area contributed by atoms with E-state index in [0.717, 1.165) is 0 Å². The van der Waals surface area contributed by atoms with Crippen LogP contribution in [0.3, 0.4) is 0 Å². The van der Waals surface area contributed by atoms with E-state index in [1.54, 1.807) is 13.8 Å². The lowest BCUT2D eigenvalue weighted by atomic mass is 9.75. The number of likely N-dealkylation sites (N-methyl/N-ethyl adjacent to an activating group) is 1. The van der Waals surface area contributed by atoms with E-state index >= 15 is 0 Å². The van der Waals surface area contributed by atoms with E-state index in [1.807, 2.05) is 19.0 Å². The number of methoxy groups -OCH3 is 1. The third kappa shape index (κ3) is 4.19. The number of phenols is 1. The van der Waals surface area contributed by atoms with Crippen LogP contribution in [0, 0.1) is 0 Å². The van der Waals surface area contributed by atoms with E-state index in [1.165, 1.54) is 19.2 Å². The maximum Gasteiger partial charge on any atom is 0.308 e. The Hall–Kier alpha value is -2.63. The van der Waals surface area contributed by atoms with Gasteiger partial charge in [0.15, 0.2) is 11.6 Å². The molecule has 2 aliphatic heterocycles. The Morgan fingerprint density at radius 1 is 1.11 bits per heavy atom. The lowest BCUT2D eigenvalue weighted by Crippen LogP contribution is -2.50. The van der Waals surface area contributed by atoms with Crippen LogP contribution in [0.25, 0.3) is 0 Å². The summed E-state index contributed by atoms with van der Waals surface area (Å²) in [7, 11) is 4.89. The second-order valence-electron chi connectivity index (χ2n) is 9.54. The Labute approximate surface area is 203 Å². The standard InChI is InChI=1S/C25H31NO9/c1-10-18-20(24(31)16(34-10)9-17(27)33-5)23(30)13-7-6-12(22(29)19(13)25(18)32)15-8-14(26(3)4)21(28)11(2)35-15/h6-7,10-11,14-16,21,24,28-29,31H,8-9H2,1-5H3. The number of rotatable bonds is 4. The first-order chi connectivity index (χ1) is 16.5. The van der Waals surface area contributed by atoms with Crippen molar-refractivity contribution in [3.05, 3.63) is 40.0 Å². The van der Waals surface area contributed by atoms with Crippen molar-refractivity contribution in [2.75, 3.05) is 21.2 Å². The lowest BCUT2D eigenvalue weighted by Gasteiger charge is -2.41. The minimum Gasteiger partial charge on any atom is -0.507 e. The molecular formula is C25H31NO9. The fraction of sp³-hybridized carbons (Fsp3) is 0.560. The second kappa shape index (κ2) is 9.44. The first kappa shape index (κ1) is 25.5. The van der Waals surface area contributed by atoms with Gasteiger partial charge in [-0.1, -0.05) is 6.07 Å². The number of aliphatic hydroxyl groups is 2. The number of phenolic OH excluding ortho intramolecular Hbond substituents is 1. The molecular weight excluding hydrogens is 458 g/mol. The Bertz CT molecular complexity index is 1090. The van der Waals surface area contributed by atoms with Crippen molar-refractivity contribution in [2.45, 2.75) is 69.4 Å². The van der Waals surface area contributed by atoms with Gasteiger partial charge in [0.05, 0.1) is 49.6 Å². The SMILES string of the molecule is COC(=O)CC1OC(C)C2=C(C(=O)c3ccc(C4CC(N(C)C)C(O)C(C)O4)c(O)c3C2=O)C1O. The van der Waals surface area contributed by atoms with Gasteiger partial charge in [0.2, 0.25) is 0 Å². The molecule has 0 aromatic heterocycles. The summed E-state index contributed by atoms with van der Waals surface area (Å²) in [5.74, 6) is -2.21. The van der Waals surface area contributed by atoms with Crippen LogP contribution in [0.15, 0.2) is 23.3 Å². The molecule has 10 nitrogen and oxygen atoms in total. The molecule has 10 heteroatoms. The normalized spacial score (nSPS) is 33.0. The number of hydrogen-bond donors (Lipinski definition) is 3. The molecule has 0 saturated carbocycles. The number of aromatic hydroxyl groups is 1. The van der Waals surface area contributed by atoms with Gasteiger partial charge in [0.1, 0.15) is 11.9 Å². The zero-order valence-electron chi connectivity index (χ0n) is 20.3. The smallest absolute Gasteiger partial charge is 0.308 e. The van der Waals surface area contributed by atoms with Crippen LogP contribution in [0.5, 0.6) is 5.75 Å². The van der Waals surface area contributed by atoms with Crippen molar-refractivity contribution in [1.82, 2.24) is 4.90 Å². The fourth-order valence-electron chi connectivity index (χ4n) is 5.29. The third-order valence-corrected chi connectivity index (χ3v) is 7.21. The molecule has 3 aliphatic rings. The van der Waals surface area contributed by atoms with Crippen LogP contribution >= 0.6 is 0 Å². The van der Waals surface area contributed by atoms with Gasteiger partial charge in [-0.15, -0.1) is 0 Å². The number of esters is 1. The number of carbonyl (C=O) groups is 3. The number of hydrogen-bond acceptors (Lipinski definition) is 10. The molecule has 3 N–H and O–H groups in total. The van der Waals surface area contributed by atoms with Gasteiger partial charge < -0.3 is 34.4 Å². The topological polar surface area (TPSA) is 143 Å². The van der Waals surface area contributed by atoms with Gasteiger partial charge in [0, 0.05) is 28.3 Å². The summed E-state index contributed by atoms with van der Waals surface area (Å²) in [6.45, 7) is 3.29. The molecule has 1 aliphatic carbocycles. The number of benzene rings is 1. The van der Waals surface area contributed by atoms with Crippen LogP contribution in [0.4, 0.5) is 0 Å². The van der Waals surface area contributed by atoms with Crippen molar-refractivity contribution >= 4 is 17.5 Å². The molecule has 7 unspecified atom stereocenters. The highest BCUT2D eigenvalue weighted by atomic mass is 16.5. The van der Waals surface area contributed by atoms with E-state index in [-0.39, 0.29) is 40.5 Å². The number of fused-ring (bicyclic) bond motifs is 1. The number of carbonyl (C=O) groups excluding carboxylic acids is 3. The number of ether oxygens (including phenoxy) is 3. The lowest BCUT2D eigenvalue weighted by molar-refractivity contribution is -0.148. The minimum atomic E-state index is -1.50. The number of Topliss-reactive ketones (excluding diaryl/α,β-unsaturated/α-hetero) is 2. The summed E-state index contributed by atoms with van der Waals surface area (Å²) >= 11 is 0. The molecule has 4 rings (SSSR count). The summed E-state index contributed by atoms with van der Waals surface area (Å²) in [6, 6.07) is 2.74. The van der Waals surface area contributed by atoms with Crippen LogP contribution in [-0.2, 0) is 19.0 Å². The molecule has 190 valence electrons. The highest BCUT2D eigenvalue weighted by Crippen LogP contribution is 2.44. The van der Waals surface area contributed by atoms with E-state index in [0.29, 0.717) is 12.0 Å². The van der Waals surface area contributed by atoms with Crippen molar-refractivity contribution in [3.63, 3.8) is 0 Å². The van der Waals surface area contributed by atoms with Crippen molar-refractivity contribution in [2.24, 2.45) is 0 Å². The molecule has 1 aromatic rings. The van der Waals surface area contributed by atoms with Gasteiger partial charge in [-0.2, -0.15) is 0 Å². The van der Waals surface area contributed by atoms with Gasteiger partial charge in [-0.25, -0.2) is 0 Å². The van der Waals surface area contributed by atoms with Crippen molar-refractivity contribution < 1.29 is 43.9 Å². The molecule has 0 radical (unpaired) electrons. The fourth-order valence-corrected chi connectivity index (χ4v) is 5.29. The van der Waals surface area contributed by atoms with Crippen molar-refractivity contribution in [1.29, 1.82) is 0 Å². The Kier molecular flexibility index (Phi) is 6.87. The Morgan fingerprint density at radius 3 is 2.43 bits per heavy atom. The average molecular weight is 490 g/mol. The molecule has 1 fully saturated rings. The summed E-state index contributed by atoms with van der Waals surface area (Å²) in [6.07, 6.45) is -5.21. The van der Waals surface area contributed by atoms with E-state index in [9.17, 15) is 29.7 Å². The zero-order valence-corrected chi connectivity index (χ0v) is 20.3. The molecule has 0 bridgehead atoms. The Balaban J connectivity index is 1.73. The zero-order chi connectivity index (χ0) is 25.8. The highest BCUT2D eigenvalue weighted by molar-refractivity contribution is 6.29. The maximum atomic E-state index is 13.5. The van der Waals surface area contributed by atoms with Crippen LogP contribution in [0.2, 0.25) is 0 Å². The molecule has 0 amide bonds. The number of ketones is 2. The minimum absolute atomic E-state index is 0.0342. The van der Waals surface area contributed by atoms with Crippen LogP contribution in [-0.4, -0.2) is 95.5 Å². The van der Waals surface area contributed by atoms with Gasteiger partial charge in [0.25, 0.3) is 0 Å². The molecule has 1 aromatic carbocycles. The largest absolute Gasteiger partial charge is 0.507 e. The van der Waals surface area contributed by atoms with E-state index < -0.39 is 54.2 Å². The summed E-state index contributed by atoms with van der Waals surface area (Å²) in [5, 5.41) is 32.5. The molecule has 35 heavy (non-hydrogen) atoms. The first-order valence-electron chi connectivity index (χ1n) is 11.6. The van der Waals surface area contributed by atoms with E-state index in [2.05, 4.69) is 4.74 Å². The molecule has 1 saturated heterocycles. The average Bonchev–Trinajstić information content (AvgIpc) is 2.80. The van der Waals surface area contributed by atoms with Crippen LogP contribution in [0.1, 0.15) is 59.1 Å². The predicted octanol–water partition coefficient (Wildman–Crippen LogP) is 0.920. The van der Waals surface area contributed by atoms with Gasteiger partial charge in [-0.05, 0) is 40.4 Å². The second-order valence-corrected chi connectivity index (χ2v) is 9.54. The van der Waals surface area contributed by atoms with Gasteiger partial charge in [-0.3, -0.25) is 14.4 Å². The summed E-state index contributed by atoms with van der Waals surface area (Å²) in [4.78, 5) is 40.6. The Morgan fingerprint density at radius 2 is 1.80 bits per heavy atom. The highest BCUT2D eigenvalue weighted by Gasteiger charge is 2.47. The first-order valence-corrected chi connectivity index (χ1v) is 11.6. The molecule has 0 spiro atoms. The van der Waals surface area contributed by atoms with E-state index in [4.69, 9.17) is 9.47 Å². The summed E-state index contributed by atoms with van der Waals surface area (Å²) in [5.41, 5.74) is -0.0196. The predicted molar refractivity (Wildman–Crippen MR) is 122 cm³/mol.